The summed E-state index contributed by atoms with van der Waals surface area (Å²) in [6.45, 7) is 7.86. The Bertz CT molecular complexity index is 750. The van der Waals surface area contributed by atoms with Gasteiger partial charge in [-0.25, -0.2) is 9.18 Å². The Morgan fingerprint density at radius 3 is 2.92 bits per heavy atom. The molecule has 0 saturated heterocycles. The summed E-state index contributed by atoms with van der Waals surface area (Å²) >= 11 is 4.69. The van der Waals surface area contributed by atoms with Crippen LogP contribution in [0.5, 0.6) is 5.75 Å². The van der Waals surface area contributed by atoms with Crippen LogP contribution < -0.4 is 10.1 Å². The number of amidine groups is 1. The van der Waals surface area contributed by atoms with E-state index in [2.05, 4.69) is 21.2 Å². The summed E-state index contributed by atoms with van der Waals surface area (Å²) in [4.78, 5) is 16.8. The van der Waals surface area contributed by atoms with Crippen LogP contribution in [0.25, 0.3) is 0 Å². The van der Waals surface area contributed by atoms with Gasteiger partial charge in [0, 0.05) is 23.3 Å². The summed E-state index contributed by atoms with van der Waals surface area (Å²) in [7, 11) is 0. The molecule has 0 radical (unpaired) electrons. The third-order valence-corrected chi connectivity index (χ3v) is 5.81. The lowest BCUT2D eigenvalue weighted by molar-refractivity contribution is 0.0563. The van der Waals surface area contributed by atoms with Gasteiger partial charge in [-0.15, -0.1) is 0 Å². The molecule has 5 nitrogen and oxygen atoms in total. The van der Waals surface area contributed by atoms with Crippen LogP contribution in [0.15, 0.2) is 21.6 Å². The number of fused-ring (bicyclic) bond motifs is 3. The molecule has 0 aliphatic carbocycles. The second-order valence-corrected chi connectivity index (χ2v) is 9.14. The number of benzene rings is 1. The first-order valence-electron chi connectivity index (χ1n) is 7.93. The highest BCUT2D eigenvalue weighted by molar-refractivity contribution is 9.10. The van der Waals surface area contributed by atoms with Gasteiger partial charge in [0.15, 0.2) is 5.17 Å². The van der Waals surface area contributed by atoms with Crippen LogP contribution in [-0.4, -0.2) is 29.2 Å². The van der Waals surface area contributed by atoms with E-state index in [0.29, 0.717) is 22.0 Å². The molecule has 0 unspecified atom stereocenters. The van der Waals surface area contributed by atoms with E-state index in [1.807, 2.05) is 6.92 Å². The van der Waals surface area contributed by atoms with Crippen molar-refractivity contribution >= 4 is 39.0 Å². The fourth-order valence-electron chi connectivity index (χ4n) is 2.86. The zero-order valence-corrected chi connectivity index (χ0v) is 16.9. The molecule has 1 aromatic carbocycles. The number of hydrogen-bond acceptors (Lipinski definition) is 5. The van der Waals surface area contributed by atoms with Crippen LogP contribution in [0, 0.1) is 11.7 Å². The number of thioether (sulfide) groups is 1. The summed E-state index contributed by atoms with van der Waals surface area (Å²) in [5.41, 5.74) is -0.371. The average Bonchev–Trinajstić information content (AvgIpc) is 2.46. The maximum Gasteiger partial charge on any atom is 0.413 e. The van der Waals surface area contributed by atoms with E-state index in [0.717, 1.165) is 11.3 Å². The quantitative estimate of drug-likeness (QED) is 0.660. The maximum atomic E-state index is 13.8. The number of carbonyl (C=O) groups excluding carboxylic acids is 1. The van der Waals surface area contributed by atoms with Crippen LogP contribution in [0.2, 0.25) is 0 Å². The number of nitrogens with zero attached hydrogens (tertiary/aromatic N) is 1. The van der Waals surface area contributed by atoms with Gasteiger partial charge in [0.05, 0.1) is 16.6 Å². The second-order valence-electron chi connectivity index (χ2n) is 7.27. The molecule has 1 aromatic rings. The van der Waals surface area contributed by atoms with E-state index in [4.69, 9.17) is 14.5 Å². The summed E-state index contributed by atoms with van der Waals surface area (Å²) in [6.07, 6.45) is -0.534. The van der Waals surface area contributed by atoms with E-state index in [9.17, 15) is 9.18 Å². The van der Waals surface area contributed by atoms with Crippen LogP contribution >= 0.6 is 27.7 Å². The van der Waals surface area contributed by atoms with Gasteiger partial charge in [0.25, 0.3) is 0 Å². The smallest absolute Gasteiger partial charge is 0.413 e. The summed E-state index contributed by atoms with van der Waals surface area (Å²) in [5.74, 6) is 0.986. The SMILES string of the molecule is CC(C)(C)OC(=O)NC1=N[C@]2(C)c3cc(Br)c(F)cc3OC[C@@H]2CS1. The van der Waals surface area contributed by atoms with Crippen molar-refractivity contribution < 1.29 is 18.7 Å². The van der Waals surface area contributed by atoms with Crippen molar-refractivity contribution in [3.05, 3.63) is 28.0 Å². The zero-order valence-electron chi connectivity index (χ0n) is 14.5. The Hall–Kier alpha value is -1.28. The Morgan fingerprint density at radius 1 is 1.52 bits per heavy atom. The summed E-state index contributed by atoms with van der Waals surface area (Å²) in [6, 6.07) is 3.08. The first kappa shape index (κ1) is 18.5. The number of ether oxygens (including phenoxy) is 2. The highest BCUT2D eigenvalue weighted by Gasteiger charge is 2.45. The van der Waals surface area contributed by atoms with Gasteiger partial charge < -0.3 is 9.47 Å². The molecule has 0 fully saturated rings. The molecule has 2 aliphatic rings. The van der Waals surface area contributed by atoms with Crippen molar-refractivity contribution in [1.82, 2.24) is 5.32 Å². The Morgan fingerprint density at radius 2 is 2.24 bits per heavy atom. The van der Waals surface area contributed by atoms with Crippen molar-refractivity contribution in [3.63, 3.8) is 0 Å². The average molecular weight is 431 g/mol. The highest BCUT2D eigenvalue weighted by atomic mass is 79.9. The van der Waals surface area contributed by atoms with Crippen LogP contribution in [-0.2, 0) is 10.3 Å². The third-order valence-electron chi connectivity index (χ3n) is 4.17. The number of alkyl carbamates (subject to hydrolysis) is 1. The van der Waals surface area contributed by atoms with Gasteiger partial charge in [0.1, 0.15) is 17.2 Å². The molecule has 0 bridgehead atoms. The van der Waals surface area contributed by atoms with Gasteiger partial charge >= 0.3 is 6.09 Å². The summed E-state index contributed by atoms with van der Waals surface area (Å²) < 4.78 is 25.2. The lowest BCUT2D eigenvalue weighted by atomic mass is 9.79. The zero-order chi connectivity index (χ0) is 18.4. The predicted octanol–water partition coefficient (Wildman–Crippen LogP) is 4.44. The minimum atomic E-state index is -0.598. The Balaban J connectivity index is 1.91. The van der Waals surface area contributed by atoms with Crippen molar-refractivity contribution in [3.8, 4) is 5.75 Å². The number of carbonyl (C=O) groups is 1. The number of rotatable bonds is 0. The fourth-order valence-corrected chi connectivity index (χ4v) is 4.39. The monoisotopic (exact) mass is 430 g/mol. The number of halogens is 2. The number of nitrogens with one attached hydrogen (secondary N) is 1. The maximum absolute atomic E-state index is 13.8. The summed E-state index contributed by atoms with van der Waals surface area (Å²) in [5, 5.41) is 3.22. The van der Waals surface area contributed by atoms with E-state index >= 15 is 0 Å². The minimum absolute atomic E-state index is 0.131. The highest BCUT2D eigenvalue weighted by Crippen LogP contribution is 2.48. The van der Waals surface area contributed by atoms with Gasteiger partial charge in [-0.2, -0.15) is 0 Å². The standard InChI is InChI=1S/C17H20BrFN2O3S/c1-16(2,3)24-15(22)20-14-21-17(4)9(8-25-14)7-23-13-6-12(19)11(18)5-10(13)17/h5-6,9H,7-8H2,1-4H3,(H,20,21,22)/t9-,17+/m1/s1. The van der Waals surface area contributed by atoms with Crippen LogP contribution in [0.4, 0.5) is 9.18 Å². The first-order chi connectivity index (χ1) is 11.6. The van der Waals surface area contributed by atoms with E-state index in [-0.39, 0.29) is 11.7 Å². The van der Waals surface area contributed by atoms with E-state index in [1.54, 1.807) is 26.8 Å². The van der Waals surface area contributed by atoms with Crippen molar-refractivity contribution in [2.75, 3.05) is 12.4 Å². The largest absolute Gasteiger partial charge is 0.493 e. The number of amides is 1. The van der Waals surface area contributed by atoms with Crippen LogP contribution in [0.1, 0.15) is 33.3 Å². The van der Waals surface area contributed by atoms with Gasteiger partial charge in [-0.3, -0.25) is 10.3 Å². The molecule has 2 atom stereocenters. The molecule has 3 rings (SSSR count). The fraction of sp³-hybridized carbons (Fsp3) is 0.529. The molecule has 2 aliphatic heterocycles. The van der Waals surface area contributed by atoms with E-state index in [1.165, 1.54) is 17.8 Å². The van der Waals surface area contributed by atoms with Crippen molar-refractivity contribution in [2.24, 2.45) is 10.9 Å². The topological polar surface area (TPSA) is 59.9 Å². The number of hydrogen-bond donors (Lipinski definition) is 1. The molecule has 0 spiro atoms. The lowest BCUT2D eigenvalue weighted by Crippen LogP contribution is -2.46. The van der Waals surface area contributed by atoms with E-state index < -0.39 is 17.2 Å². The van der Waals surface area contributed by atoms with Gasteiger partial charge in [-0.05, 0) is 49.7 Å². The van der Waals surface area contributed by atoms with Crippen LogP contribution in [0.3, 0.4) is 0 Å². The Kier molecular flexibility index (Phi) is 4.79. The molecule has 0 saturated carbocycles. The second kappa shape index (κ2) is 6.46. The van der Waals surface area contributed by atoms with Crippen molar-refractivity contribution in [2.45, 2.75) is 38.8 Å². The lowest BCUT2D eigenvalue weighted by Gasteiger charge is -2.42. The predicted molar refractivity (Wildman–Crippen MR) is 99.7 cm³/mol. The molecule has 8 heteroatoms. The molecule has 1 amide bonds. The molecule has 2 heterocycles. The molecule has 1 N–H and O–H groups in total. The molecular weight excluding hydrogens is 411 g/mol. The van der Waals surface area contributed by atoms with Gasteiger partial charge in [0.2, 0.25) is 0 Å². The molecular formula is C17H20BrFN2O3S. The molecule has 136 valence electrons. The number of aliphatic imine (C=N–C) groups is 1. The minimum Gasteiger partial charge on any atom is -0.493 e. The normalized spacial score (nSPS) is 25.2. The first-order valence-corrected chi connectivity index (χ1v) is 9.71. The molecule has 25 heavy (non-hydrogen) atoms. The molecule has 0 aromatic heterocycles. The van der Waals surface area contributed by atoms with Crippen molar-refractivity contribution in [1.29, 1.82) is 0 Å². The Labute approximate surface area is 158 Å². The third kappa shape index (κ3) is 3.79. The van der Waals surface area contributed by atoms with Gasteiger partial charge in [-0.1, -0.05) is 11.8 Å².